The van der Waals surface area contributed by atoms with Gasteiger partial charge in [-0.3, -0.25) is 4.79 Å². The Morgan fingerprint density at radius 3 is 2.43 bits per heavy atom. The minimum Gasteiger partial charge on any atom is -0.397 e. The summed E-state index contributed by atoms with van der Waals surface area (Å²) >= 11 is 0. The van der Waals surface area contributed by atoms with Gasteiger partial charge < -0.3 is 20.1 Å². The van der Waals surface area contributed by atoms with Crippen LogP contribution in [0.25, 0.3) is 0 Å². The molecule has 21 heavy (non-hydrogen) atoms. The average molecular weight is 292 g/mol. The standard InChI is InChI=1S/C16H28N4O/c1-4-18(5-2)14-7-9-20(10-8-14)16(21)15-11-13(17)12-19(15)6-3/h11-12,14H,4-10,17H2,1-3H3. The van der Waals surface area contributed by atoms with Crippen molar-refractivity contribution >= 4 is 11.6 Å². The fourth-order valence-electron chi connectivity index (χ4n) is 3.31. The fourth-order valence-corrected chi connectivity index (χ4v) is 3.31. The fraction of sp³-hybridized carbons (Fsp3) is 0.688. The zero-order valence-corrected chi connectivity index (χ0v) is 13.5. The van der Waals surface area contributed by atoms with Gasteiger partial charge in [-0.05, 0) is 38.9 Å². The SMILES string of the molecule is CCN(CC)C1CCN(C(=O)c2cc(N)cn2CC)CC1. The lowest BCUT2D eigenvalue weighted by molar-refractivity contribution is 0.0621. The van der Waals surface area contributed by atoms with Crippen LogP contribution in [0.1, 0.15) is 44.1 Å². The molecule has 0 saturated carbocycles. The molecule has 0 aromatic carbocycles. The highest BCUT2D eigenvalue weighted by Crippen LogP contribution is 2.20. The van der Waals surface area contributed by atoms with Gasteiger partial charge >= 0.3 is 0 Å². The summed E-state index contributed by atoms with van der Waals surface area (Å²) in [6.07, 6.45) is 3.97. The summed E-state index contributed by atoms with van der Waals surface area (Å²) in [6.45, 7) is 11.1. The molecule has 2 heterocycles. The normalized spacial score (nSPS) is 16.7. The first-order valence-electron chi connectivity index (χ1n) is 8.09. The first-order chi connectivity index (χ1) is 10.1. The maximum absolute atomic E-state index is 12.6. The molecule has 1 aromatic heterocycles. The first-order valence-corrected chi connectivity index (χ1v) is 8.09. The lowest BCUT2D eigenvalue weighted by atomic mass is 10.0. The minimum absolute atomic E-state index is 0.117. The van der Waals surface area contributed by atoms with Gasteiger partial charge in [0.1, 0.15) is 5.69 Å². The van der Waals surface area contributed by atoms with E-state index in [0.717, 1.165) is 51.3 Å². The number of likely N-dealkylation sites (tertiary alicyclic amines) is 1. The van der Waals surface area contributed by atoms with Gasteiger partial charge in [0.15, 0.2) is 0 Å². The number of piperidine rings is 1. The highest BCUT2D eigenvalue weighted by atomic mass is 16.2. The lowest BCUT2D eigenvalue weighted by Gasteiger charge is -2.37. The van der Waals surface area contributed by atoms with Crippen molar-refractivity contribution < 1.29 is 4.79 Å². The first kappa shape index (κ1) is 15.9. The Hall–Kier alpha value is -1.49. The van der Waals surface area contributed by atoms with E-state index >= 15 is 0 Å². The molecule has 1 fully saturated rings. The van der Waals surface area contributed by atoms with Gasteiger partial charge in [-0.15, -0.1) is 0 Å². The molecule has 5 heteroatoms. The number of aromatic nitrogens is 1. The van der Waals surface area contributed by atoms with E-state index in [1.165, 1.54) is 0 Å². The predicted molar refractivity (Wildman–Crippen MR) is 86.4 cm³/mol. The monoisotopic (exact) mass is 292 g/mol. The van der Waals surface area contributed by atoms with Crippen LogP contribution in [0.2, 0.25) is 0 Å². The highest BCUT2D eigenvalue weighted by Gasteiger charge is 2.27. The third kappa shape index (κ3) is 3.40. The summed E-state index contributed by atoms with van der Waals surface area (Å²) in [7, 11) is 0. The third-order valence-corrected chi connectivity index (χ3v) is 4.56. The van der Waals surface area contributed by atoms with Crippen molar-refractivity contribution in [2.75, 3.05) is 31.9 Å². The second-order valence-corrected chi connectivity index (χ2v) is 5.69. The average Bonchev–Trinajstić information content (AvgIpc) is 2.89. The topological polar surface area (TPSA) is 54.5 Å². The molecule has 1 aliphatic heterocycles. The van der Waals surface area contributed by atoms with Crippen molar-refractivity contribution in [2.24, 2.45) is 0 Å². The highest BCUT2D eigenvalue weighted by molar-refractivity contribution is 5.93. The molecule has 0 radical (unpaired) electrons. The number of nitrogens with two attached hydrogens (primary N) is 1. The maximum atomic E-state index is 12.6. The van der Waals surface area contributed by atoms with E-state index in [-0.39, 0.29) is 5.91 Å². The second-order valence-electron chi connectivity index (χ2n) is 5.69. The quantitative estimate of drug-likeness (QED) is 0.903. The molecular weight excluding hydrogens is 264 g/mol. The molecule has 0 aliphatic carbocycles. The van der Waals surface area contributed by atoms with E-state index in [1.54, 1.807) is 6.07 Å². The van der Waals surface area contributed by atoms with Crippen molar-refractivity contribution in [3.63, 3.8) is 0 Å². The molecule has 1 saturated heterocycles. The molecule has 1 aliphatic rings. The molecule has 0 atom stereocenters. The molecule has 5 nitrogen and oxygen atoms in total. The zero-order valence-electron chi connectivity index (χ0n) is 13.5. The summed E-state index contributed by atoms with van der Waals surface area (Å²) in [5.74, 6) is 0.117. The van der Waals surface area contributed by atoms with E-state index in [1.807, 2.05) is 22.6 Å². The van der Waals surface area contributed by atoms with Gasteiger partial charge in [0.05, 0.1) is 5.69 Å². The molecule has 2 N–H and O–H groups in total. The second kappa shape index (κ2) is 6.98. The summed E-state index contributed by atoms with van der Waals surface area (Å²) in [5, 5.41) is 0. The van der Waals surface area contributed by atoms with Gasteiger partial charge in [0.25, 0.3) is 5.91 Å². The Balaban J connectivity index is 2.00. The van der Waals surface area contributed by atoms with Crippen LogP contribution in [0.5, 0.6) is 0 Å². The lowest BCUT2D eigenvalue weighted by Crippen LogP contribution is -2.47. The number of nitrogens with zero attached hydrogens (tertiary/aromatic N) is 3. The summed E-state index contributed by atoms with van der Waals surface area (Å²) < 4.78 is 1.94. The van der Waals surface area contributed by atoms with E-state index in [2.05, 4.69) is 18.7 Å². The smallest absolute Gasteiger partial charge is 0.270 e. The van der Waals surface area contributed by atoms with Gasteiger partial charge in [-0.2, -0.15) is 0 Å². The molecule has 0 bridgehead atoms. The van der Waals surface area contributed by atoms with Crippen molar-refractivity contribution in [2.45, 2.75) is 46.2 Å². The number of anilines is 1. The molecule has 1 amide bonds. The Bertz CT molecular complexity index is 471. The van der Waals surface area contributed by atoms with Crippen LogP contribution in [0, 0.1) is 0 Å². The van der Waals surface area contributed by atoms with Crippen LogP contribution >= 0.6 is 0 Å². The van der Waals surface area contributed by atoms with Gasteiger partial charge in [0.2, 0.25) is 0 Å². The Labute approximate surface area is 127 Å². The number of hydrogen-bond acceptors (Lipinski definition) is 3. The van der Waals surface area contributed by atoms with Gasteiger partial charge in [-0.25, -0.2) is 0 Å². The Kier molecular flexibility index (Phi) is 5.28. The van der Waals surface area contributed by atoms with Gasteiger partial charge in [0, 0.05) is 31.9 Å². The molecule has 0 unspecified atom stereocenters. The number of amides is 1. The van der Waals surface area contributed by atoms with Crippen LogP contribution in [0.4, 0.5) is 5.69 Å². The number of carbonyl (C=O) groups excluding carboxylic acids is 1. The number of nitrogen functional groups attached to an aromatic ring is 1. The predicted octanol–water partition coefficient (Wildman–Crippen LogP) is 2.04. The van der Waals surface area contributed by atoms with E-state index in [0.29, 0.717) is 11.7 Å². The number of aryl methyl sites for hydroxylation is 1. The van der Waals surface area contributed by atoms with Crippen molar-refractivity contribution in [1.82, 2.24) is 14.4 Å². The minimum atomic E-state index is 0.117. The number of hydrogen-bond donors (Lipinski definition) is 1. The molecule has 0 spiro atoms. The summed E-state index contributed by atoms with van der Waals surface area (Å²) in [5.41, 5.74) is 7.21. The van der Waals surface area contributed by atoms with Crippen LogP contribution in [0.15, 0.2) is 12.3 Å². The molecular formula is C16H28N4O. The maximum Gasteiger partial charge on any atom is 0.270 e. The molecule has 118 valence electrons. The van der Waals surface area contributed by atoms with E-state index in [9.17, 15) is 4.79 Å². The Morgan fingerprint density at radius 2 is 1.90 bits per heavy atom. The van der Waals surface area contributed by atoms with Crippen LogP contribution in [-0.4, -0.2) is 52.5 Å². The summed E-state index contributed by atoms with van der Waals surface area (Å²) in [4.78, 5) is 17.1. The molecule has 1 aromatic rings. The van der Waals surface area contributed by atoms with E-state index < -0.39 is 0 Å². The van der Waals surface area contributed by atoms with Crippen LogP contribution < -0.4 is 5.73 Å². The molecule has 2 rings (SSSR count). The Morgan fingerprint density at radius 1 is 1.29 bits per heavy atom. The third-order valence-electron chi connectivity index (χ3n) is 4.56. The zero-order chi connectivity index (χ0) is 15.4. The summed E-state index contributed by atoms with van der Waals surface area (Å²) in [6, 6.07) is 2.41. The van der Waals surface area contributed by atoms with Crippen molar-refractivity contribution in [3.05, 3.63) is 18.0 Å². The van der Waals surface area contributed by atoms with Crippen LogP contribution in [0.3, 0.4) is 0 Å². The number of carbonyl (C=O) groups is 1. The van der Waals surface area contributed by atoms with Crippen molar-refractivity contribution in [3.8, 4) is 0 Å². The van der Waals surface area contributed by atoms with Crippen LogP contribution in [-0.2, 0) is 6.54 Å². The largest absolute Gasteiger partial charge is 0.397 e. The van der Waals surface area contributed by atoms with E-state index in [4.69, 9.17) is 5.73 Å². The number of rotatable bonds is 5. The van der Waals surface area contributed by atoms with Gasteiger partial charge in [-0.1, -0.05) is 13.8 Å². The van der Waals surface area contributed by atoms with Crippen molar-refractivity contribution in [1.29, 1.82) is 0 Å².